The van der Waals surface area contributed by atoms with Gasteiger partial charge in [0.1, 0.15) is 0 Å². The summed E-state index contributed by atoms with van der Waals surface area (Å²) in [4.78, 5) is 26.7. The van der Waals surface area contributed by atoms with Crippen molar-refractivity contribution in [3.63, 3.8) is 0 Å². The Bertz CT molecular complexity index is 968. The molecule has 0 saturated heterocycles. The number of non-ortho nitro benzene ring substituents is 1. The molecule has 6 nitrogen and oxygen atoms in total. The number of carbonyl (C=O) groups is 1. The number of nitro benzene ring substituents is 1. The predicted molar refractivity (Wildman–Crippen MR) is 93.5 cm³/mol. The molecule has 1 heterocycles. The zero-order valence-electron chi connectivity index (χ0n) is 13.3. The summed E-state index contributed by atoms with van der Waals surface area (Å²) < 4.78 is 0. The van der Waals surface area contributed by atoms with Gasteiger partial charge in [-0.2, -0.15) is 0 Å². The number of aromatic carboxylic acids is 1. The minimum Gasteiger partial charge on any atom is -0.478 e. The molecule has 0 amide bonds. The molecule has 0 aliphatic heterocycles. The number of benzene rings is 2. The van der Waals surface area contributed by atoms with E-state index in [1.807, 2.05) is 30.3 Å². The molecule has 0 atom stereocenters. The van der Waals surface area contributed by atoms with E-state index in [0.717, 1.165) is 5.56 Å². The van der Waals surface area contributed by atoms with E-state index >= 15 is 0 Å². The Morgan fingerprint density at radius 3 is 2.36 bits per heavy atom. The summed E-state index contributed by atoms with van der Waals surface area (Å²) in [7, 11) is 0. The van der Waals surface area contributed by atoms with Gasteiger partial charge in [0.2, 0.25) is 0 Å². The molecule has 0 unspecified atom stereocenters. The third-order valence-electron chi connectivity index (χ3n) is 3.83. The molecule has 0 aliphatic rings. The molecule has 0 radical (unpaired) electrons. The molecule has 0 bridgehead atoms. The minimum atomic E-state index is -1.12. The van der Waals surface area contributed by atoms with E-state index in [1.165, 1.54) is 18.2 Å². The first-order valence-corrected chi connectivity index (χ1v) is 7.52. The maximum Gasteiger partial charge on any atom is 0.338 e. The lowest BCUT2D eigenvalue weighted by molar-refractivity contribution is -0.384. The van der Waals surface area contributed by atoms with Crippen LogP contribution < -0.4 is 0 Å². The summed E-state index contributed by atoms with van der Waals surface area (Å²) in [5, 5.41) is 20.6. The second kappa shape index (κ2) is 6.52. The molecule has 124 valence electrons. The van der Waals surface area contributed by atoms with Crippen LogP contribution in [-0.4, -0.2) is 21.0 Å². The summed E-state index contributed by atoms with van der Waals surface area (Å²) in [6.07, 6.45) is 0. The third kappa shape index (κ3) is 3.23. The smallest absolute Gasteiger partial charge is 0.338 e. The number of carboxylic acid groups (broad SMARTS) is 1. The molecule has 6 heteroatoms. The zero-order chi connectivity index (χ0) is 18.0. The number of nitro groups is 1. The third-order valence-corrected chi connectivity index (χ3v) is 3.83. The summed E-state index contributed by atoms with van der Waals surface area (Å²) >= 11 is 0. The highest BCUT2D eigenvalue weighted by Crippen LogP contribution is 2.30. The monoisotopic (exact) mass is 334 g/mol. The lowest BCUT2D eigenvalue weighted by Crippen LogP contribution is -2.06. The van der Waals surface area contributed by atoms with E-state index in [-0.39, 0.29) is 16.9 Å². The average molecular weight is 334 g/mol. The van der Waals surface area contributed by atoms with Crippen LogP contribution in [0, 0.1) is 17.0 Å². The van der Waals surface area contributed by atoms with Crippen LogP contribution in [0.15, 0.2) is 60.7 Å². The van der Waals surface area contributed by atoms with Crippen molar-refractivity contribution in [2.75, 3.05) is 0 Å². The van der Waals surface area contributed by atoms with Crippen LogP contribution in [0.25, 0.3) is 22.5 Å². The summed E-state index contributed by atoms with van der Waals surface area (Å²) in [6, 6.07) is 16.9. The molecule has 2 aromatic carbocycles. The van der Waals surface area contributed by atoms with Crippen molar-refractivity contribution >= 4 is 11.7 Å². The highest BCUT2D eigenvalue weighted by molar-refractivity contribution is 5.97. The number of aromatic nitrogens is 1. The highest BCUT2D eigenvalue weighted by atomic mass is 16.6. The van der Waals surface area contributed by atoms with Crippen molar-refractivity contribution in [3.05, 3.63) is 81.9 Å². The van der Waals surface area contributed by atoms with Crippen LogP contribution in [0.4, 0.5) is 5.69 Å². The number of aryl methyl sites for hydroxylation is 1. The molecule has 0 saturated carbocycles. The highest BCUT2D eigenvalue weighted by Gasteiger charge is 2.20. The van der Waals surface area contributed by atoms with Gasteiger partial charge >= 0.3 is 5.97 Å². The van der Waals surface area contributed by atoms with Gasteiger partial charge < -0.3 is 5.11 Å². The predicted octanol–water partition coefficient (Wildman–Crippen LogP) is 4.33. The standard InChI is InChI=1S/C19H14N2O4/c1-12-10-16(13-6-3-2-4-7-13)20-18(17(12)19(22)23)14-8-5-9-15(11-14)21(24)25/h2-11H,1H3,(H,22,23). The number of pyridine rings is 1. The molecular weight excluding hydrogens is 320 g/mol. The van der Waals surface area contributed by atoms with Gasteiger partial charge in [0.15, 0.2) is 0 Å². The maximum atomic E-state index is 11.7. The van der Waals surface area contributed by atoms with Gasteiger partial charge in [0, 0.05) is 23.3 Å². The number of hydrogen-bond acceptors (Lipinski definition) is 4. The van der Waals surface area contributed by atoms with Gasteiger partial charge in [-0.15, -0.1) is 0 Å². The van der Waals surface area contributed by atoms with Gasteiger partial charge in [-0.25, -0.2) is 9.78 Å². The van der Waals surface area contributed by atoms with Crippen molar-refractivity contribution in [1.29, 1.82) is 0 Å². The Kier molecular flexibility index (Phi) is 4.26. The number of nitrogens with zero attached hydrogens (tertiary/aromatic N) is 2. The van der Waals surface area contributed by atoms with Crippen LogP contribution in [-0.2, 0) is 0 Å². The zero-order valence-corrected chi connectivity index (χ0v) is 13.3. The molecule has 0 aliphatic carbocycles. The van der Waals surface area contributed by atoms with Crippen LogP contribution in [0.2, 0.25) is 0 Å². The molecule has 25 heavy (non-hydrogen) atoms. The topological polar surface area (TPSA) is 93.3 Å². The largest absolute Gasteiger partial charge is 0.478 e. The van der Waals surface area contributed by atoms with Crippen LogP contribution in [0.5, 0.6) is 0 Å². The van der Waals surface area contributed by atoms with E-state index < -0.39 is 10.9 Å². The van der Waals surface area contributed by atoms with E-state index in [9.17, 15) is 20.0 Å². The Morgan fingerprint density at radius 1 is 1.04 bits per heavy atom. The van der Waals surface area contributed by atoms with Crippen molar-refractivity contribution in [2.24, 2.45) is 0 Å². The fourth-order valence-corrected chi connectivity index (χ4v) is 2.68. The Morgan fingerprint density at radius 2 is 1.72 bits per heavy atom. The average Bonchev–Trinajstić information content (AvgIpc) is 2.61. The van der Waals surface area contributed by atoms with Gasteiger partial charge in [0.05, 0.1) is 21.9 Å². The molecule has 0 fully saturated rings. The summed E-state index contributed by atoms with van der Waals surface area (Å²) in [6.45, 7) is 1.69. The first-order valence-electron chi connectivity index (χ1n) is 7.52. The van der Waals surface area contributed by atoms with Crippen LogP contribution in [0.3, 0.4) is 0 Å². The van der Waals surface area contributed by atoms with E-state index in [0.29, 0.717) is 16.8 Å². The quantitative estimate of drug-likeness (QED) is 0.566. The van der Waals surface area contributed by atoms with Gasteiger partial charge in [-0.1, -0.05) is 42.5 Å². The van der Waals surface area contributed by atoms with Gasteiger partial charge in [-0.3, -0.25) is 10.1 Å². The SMILES string of the molecule is Cc1cc(-c2ccccc2)nc(-c2cccc([N+](=O)[O-])c2)c1C(=O)O. The van der Waals surface area contributed by atoms with Crippen LogP contribution >= 0.6 is 0 Å². The van der Waals surface area contributed by atoms with E-state index in [2.05, 4.69) is 4.98 Å². The van der Waals surface area contributed by atoms with Gasteiger partial charge in [-0.05, 0) is 18.6 Å². The fourth-order valence-electron chi connectivity index (χ4n) is 2.68. The first-order chi connectivity index (χ1) is 12.0. The summed E-state index contributed by atoms with van der Waals surface area (Å²) in [5.41, 5.74) is 2.54. The molecule has 3 aromatic rings. The van der Waals surface area contributed by atoms with Crippen molar-refractivity contribution < 1.29 is 14.8 Å². The first kappa shape index (κ1) is 16.3. The molecule has 1 aromatic heterocycles. The molecule has 1 N–H and O–H groups in total. The van der Waals surface area contributed by atoms with Crippen molar-refractivity contribution in [3.8, 4) is 22.5 Å². The normalized spacial score (nSPS) is 10.4. The van der Waals surface area contributed by atoms with Crippen LogP contribution in [0.1, 0.15) is 15.9 Å². The van der Waals surface area contributed by atoms with E-state index in [1.54, 1.807) is 19.1 Å². The number of carboxylic acids is 1. The molecule has 0 spiro atoms. The lowest BCUT2D eigenvalue weighted by Gasteiger charge is -2.12. The Hall–Kier alpha value is -3.54. The van der Waals surface area contributed by atoms with Crippen molar-refractivity contribution in [1.82, 2.24) is 4.98 Å². The Balaban J connectivity index is 2.26. The number of rotatable bonds is 4. The minimum absolute atomic E-state index is 0.0418. The fraction of sp³-hybridized carbons (Fsp3) is 0.0526. The molecular formula is C19H14N2O4. The second-order valence-corrected chi connectivity index (χ2v) is 5.53. The second-order valence-electron chi connectivity index (χ2n) is 5.53. The number of hydrogen-bond donors (Lipinski definition) is 1. The molecule has 3 rings (SSSR count). The summed E-state index contributed by atoms with van der Waals surface area (Å²) in [5.74, 6) is -1.12. The van der Waals surface area contributed by atoms with E-state index in [4.69, 9.17) is 0 Å². The van der Waals surface area contributed by atoms with Crippen molar-refractivity contribution in [2.45, 2.75) is 6.92 Å². The Labute approximate surface area is 143 Å². The lowest BCUT2D eigenvalue weighted by atomic mass is 9.98. The van der Waals surface area contributed by atoms with Gasteiger partial charge in [0.25, 0.3) is 5.69 Å². The maximum absolute atomic E-state index is 11.7.